The van der Waals surface area contributed by atoms with Gasteiger partial charge in [0, 0.05) is 24.4 Å². The standard InChI is InChI=1S/C16H16ClN5/c17-16-15(20-12(9-18)13(10-19)21-16)11-5-1-2-6-14(11)22-7-3-4-8-22/h1-8H2. The normalized spacial score (nSPS) is 18.2. The molecule has 0 bridgehead atoms. The first kappa shape index (κ1) is 14.8. The minimum absolute atomic E-state index is 0.00428. The van der Waals surface area contributed by atoms with E-state index in [-0.39, 0.29) is 16.5 Å². The highest BCUT2D eigenvalue weighted by Gasteiger charge is 2.25. The van der Waals surface area contributed by atoms with E-state index in [1.807, 2.05) is 12.1 Å². The van der Waals surface area contributed by atoms with Gasteiger partial charge in [-0.15, -0.1) is 0 Å². The third-order valence-corrected chi connectivity index (χ3v) is 4.54. The molecule has 0 radical (unpaired) electrons. The van der Waals surface area contributed by atoms with E-state index in [1.165, 1.54) is 25.0 Å². The van der Waals surface area contributed by atoms with E-state index in [2.05, 4.69) is 14.9 Å². The number of hydrogen-bond acceptors (Lipinski definition) is 5. The number of likely N-dealkylation sites (tertiary alicyclic amines) is 1. The van der Waals surface area contributed by atoms with Crippen LogP contribution in [-0.2, 0) is 0 Å². The van der Waals surface area contributed by atoms with Gasteiger partial charge in [0.15, 0.2) is 16.5 Å². The highest BCUT2D eigenvalue weighted by Crippen LogP contribution is 2.37. The Morgan fingerprint density at radius 3 is 2.23 bits per heavy atom. The average Bonchev–Trinajstić information content (AvgIpc) is 3.09. The summed E-state index contributed by atoms with van der Waals surface area (Å²) < 4.78 is 0. The van der Waals surface area contributed by atoms with Gasteiger partial charge in [-0.1, -0.05) is 11.6 Å². The predicted molar refractivity (Wildman–Crippen MR) is 82.7 cm³/mol. The smallest absolute Gasteiger partial charge is 0.178 e. The first-order valence-electron chi connectivity index (χ1n) is 7.59. The maximum atomic E-state index is 9.17. The van der Waals surface area contributed by atoms with Crippen LogP contribution in [0.15, 0.2) is 5.70 Å². The van der Waals surface area contributed by atoms with Crippen molar-refractivity contribution in [2.45, 2.75) is 38.5 Å². The highest BCUT2D eigenvalue weighted by atomic mass is 35.5. The fraction of sp³-hybridized carbons (Fsp3) is 0.500. The Hall–Kier alpha value is -2.11. The van der Waals surface area contributed by atoms with Crippen LogP contribution in [0, 0.1) is 22.7 Å². The molecule has 1 saturated heterocycles. The van der Waals surface area contributed by atoms with Crippen LogP contribution >= 0.6 is 11.6 Å². The van der Waals surface area contributed by atoms with Gasteiger partial charge < -0.3 is 4.90 Å². The lowest BCUT2D eigenvalue weighted by Crippen LogP contribution is -2.22. The van der Waals surface area contributed by atoms with E-state index in [4.69, 9.17) is 22.1 Å². The minimum Gasteiger partial charge on any atom is -0.375 e. The van der Waals surface area contributed by atoms with Crippen molar-refractivity contribution >= 4 is 17.2 Å². The molecule has 0 atom stereocenters. The van der Waals surface area contributed by atoms with E-state index < -0.39 is 0 Å². The van der Waals surface area contributed by atoms with Crippen molar-refractivity contribution in [3.63, 3.8) is 0 Å². The van der Waals surface area contributed by atoms with Gasteiger partial charge in [0.2, 0.25) is 0 Å². The third kappa shape index (κ3) is 2.65. The van der Waals surface area contributed by atoms with Crippen LogP contribution in [0.4, 0.5) is 0 Å². The molecule has 1 fully saturated rings. The number of aromatic nitrogens is 2. The van der Waals surface area contributed by atoms with Gasteiger partial charge in [0.05, 0.1) is 0 Å². The number of halogens is 1. The topological polar surface area (TPSA) is 76.6 Å². The molecule has 0 N–H and O–H groups in total. The van der Waals surface area contributed by atoms with Crippen molar-refractivity contribution < 1.29 is 0 Å². The van der Waals surface area contributed by atoms with E-state index in [0.29, 0.717) is 5.69 Å². The first-order chi connectivity index (χ1) is 10.7. The Bertz CT molecular complexity index is 704. The van der Waals surface area contributed by atoms with E-state index >= 15 is 0 Å². The Labute approximate surface area is 134 Å². The summed E-state index contributed by atoms with van der Waals surface area (Å²) in [5, 5.41) is 18.4. The lowest BCUT2D eigenvalue weighted by Gasteiger charge is -2.29. The van der Waals surface area contributed by atoms with Crippen LogP contribution in [0.1, 0.15) is 55.6 Å². The first-order valence-corrected chi connectivity index (χ1v) is 7.97. The molecule has 2 aliphatic rings. The Balaban J connectivity index is 2.11. The van der Waals surface area contributed by atoms with Crippen LogP contribution in [0.5, 0.6) is 0 Å². The molecule has 5 nitrogen and oxygen atoms in total. The molecular formula is C16H16ClN5. The largest absolute Gasteiger partial charge is 0.375 e. The van der Waals surface area contributed by atoms with Crippen LogP contribution in [0.3, 0.4) is 0 Å². The summed E-state index contributed by atoms with van der Waals surface area (Å²) in [6.45, 7) is 2.15. The second kappa shape index (κ2) is 6.34. The molecule has 0 amide bonds. The van der Waals surface area contributed by atoms with E-state index in [1.54, 1.807) is 0 Å². The van der Waals surface area contributed by atoms with E-state index in [9.17, 15) is 0 Å². The van der Waals surface area contributed by atoms with Gasteiger partial charge in [0.1, 0.15) is 17.8 Å². The molecule has 22 heavy (non-hydrogen) atoms. The van der Waals surface area contributed by atoms with Gasteiger partial charge in [-0.2, -0.15) is 10.5 Å². The summed E-state index contributed by atoms with van der Waals surface area (Å²) in [4.78, 5) is 10.8. The highest BCUT2D eigenvalue weighted by molar-refractivity contribution is 6.31. The second-order valence-electron chi connectivity index (χ2n) is 5.61. The van der Waals surface area contributed by atoms with Crippen molar-refractivity contribution in [3.05, 3.63) is 27.9 Å². The second-order valence-corrected chi connectivity index (χ2v) is 5.97. The van der Waals surface area contributed by atoms with Gasteiger partial charge in [0.25, 0.3) is 0 Å². The molecule has 0 saturated carbocycles. The SMILES string of the molecule is N#Cc1nc(Cl)c(C2=C(N3CCCC3)CCCC2)nc1C#N. The summed E-state index contributed by atoms with van der Waals surface area (Å²) in [7, 11) is 0. The third-order valence-electron chi connectivity index (χ3n) is 4.28. The fourth-order valence-corrected chi connectivity index (χ4v) is 3.48. The molecular weight excluding hydrogens is 298 g/mol. The quantitative estimate of drug-likeness (QED) is 0.837. The molecule has 0 spiro atoms. The summed E-state index contributed by atoms with van der Waals surface area (Å²) >= 11 is 6.26. The molecule has 112 valence electrons. The van der Waals surface area contributed by atoms with Crippen LogP contribution in [-0.4, -0.2) is 28.0 Å². The average molecular weight is 314 g/mol. The Morgan fingerprint density at radius 1 is 0.909 bits per heavy atom. The van der Waals surface area contributed by atoms with Crippen molar-refractivity contribution in [2.24, 2.45) is 0 Å². The zero-order chi connectivity index (χ0) is 15.5. The fourth-order valence-electron chi connectivity index (χ4n) is 3.24. The Kier molecular flexibility index (Phi) is 4.27. The van der Waals surface area contributed by atoms with Crippen molar-refractivity contribution in [1.82, 2.24) is 14.9 Å². The summed E-state index contributed by atoms with van der Waals surface area (Å²) in [5.74, 6) is 0. The molecule has 0 aromatic carbocycles. The zero-order valence-corrected chi connectivity index (χ0v) is 13.0. The number of rotatable bonds is 2. The molecule has 2 heterocycles. The zero-order valence-electron chi connectivity index (χ0n) is 12.3. The number of nitriles is 2. The summed E-state index contributed by atoms with van der Waals surface area (Å²) in [6.07, 6.45) is 6.61. The van der Waals surface area contributed by atoms with Crippen LogP contribution in [0.25, 0.3) is 5.57 Å². The van der Waals surface area contributed by atoms with Crippen molar-refractivity contribution in [1.29, 1.82) is 10.5 Å². The van der Waals surface area contributed by atoms with Gasteiger partial charge >= 0.3 is 0 Å². The van der Waals surface area contributed by atoms with Crippen molar-refractivity contribution in [2.75, 3.05) is 13.1 Å². The number of nitrogens with zero attached hydrogens (tertiary/aromatic N) is 5. The molecule has 3 rings (SSSR count). The molecule has 6 heteroatoms. The summed E-state index contributed by atoms with van der Waals surface area (Å²) in [5.41, 5.74) is 3.04. The maximum absolute atomic E-state index is 9.17. The van der Waals surface area contributed by atoms with Gasteiger partial charge in [-0.3, -0.25) is 0 Å². The van der Waals surface area contributed by atoms with E-state index in [0.717, 1.165) is 37.9 Å². The van der Waals surface area contributed by atoms with Crippen molar-refractivity contribution in [3.8, 4) is 12.1 Å². The van der Waals surface area contributed by atoms with Gasteiger partial charge in [-0.05, 0) is 38.5 Å². The maximum Gasteiger partial charge on any atom is 0.178 e. The van der Waals surface area contributed by atoms with Crippen LogP contribution < -0.4 is 0 Å². The van der Waals surface area contributed by atoms with Gasteiger partial charge in [-0.25, -0.2) is 9.97 Å². The predicted octanol–water partition coefficient (Wildman–Crippen LogP) is 3.25. The lowest BCUT2D eigenvalue weighted by atomic mass is 9.93. The lowest BCUT2D eigenvalue weighted by molar-refractivity contribution is 0.396. The number of allylic oxidation sites excluding steroid dienone is 2. The molecule has 1 aromatic rings. The molecule has 1 aliphatic carbocycles. The molecule has 0 unspecified atom stereocenters. The monoisotopic (exact) mass is 313 g/mol. The molecule has 1 aliphatic heterocycles. The Morgan fingerprint density at radius 2 is 1.55 bits per heavy atom. The minimum atomic E-state index is -0.00428. The summed E-state index contributed by atoms with van der Waals surface area (Å²) in [6, 6.07) is 3.82. The van der Waals surface area contributed by atoms with Crippen LogP contribution in [0.2, 0.25) is 5.15 Å². The number of hydrogen-bond donors (Lipinski definition) is 0. The molecule has 1 aromatic heterocycles.